The van der Waals surface area contributed by atoms with Crippen molar-refractivity contribution in [2.24, 2.45) is 0 Å². The molecule has 160 valence electrons. The smallest absolute Gasteiger partial charge is 0.270 e. The van der Waals surface area contributed by atoms with Crippen LogP contribution in [0.4, 0.5) is 5.69 Å². The number of nitro groups is 1. The van der Waals surface area contributed by atoms with Crippen LogP contribution in [0, 0.1) is 10.1 Å². The minimum absolute atomic E-state index is 0.0503. The van der Waals surface area contributed by atoms with Crippen LogP contribution < -0.4 is 5.32 Å². The number of carbonyl (C=O) groups is 1. The maximum Gasteiger partial charge on any atom is 0.270 e. The molecule has 0 aliphatic carbocycles. The fourth-order valence-electron chi connectivity index (χ4n) is 2.90. The second-order valence-corrected chi connectivity index (χ2v) is 8.51. The van der Waals surface area contributed by atoms with E-state index in [0.29, 0.717) is 18.7 Å². The lowest BCUT2D eigenvalue weighted by molar-refractivity contribution is -0.384. The van der Waals surface area contributed by atoms with Crippen molar-refractivity contribution >= 4 is 27.7 Å². The Balaban J connectivity index is 2.05. The third-order valence-corrected chi connectivity index (χ3v) is 6.65. The molecule has 0 heterocycles. The standard InChI is InChI=1S/C21H25N3O5S/c1-4-23(5-2)30(28,29)20-12-10-18(11-13-20)16(3)22-21(25)14-9-17-7-6-8-19(15-17)24(26)27/h6-16H,4-5H2,1-3H3,(H,22,25)/b14-9+. The van der Waals surface area contributed by atoms with Gasteiger partial charge in [-0.1, -0.05) is 38.1 Å². The van der Waals surface area contributed by atoms with Crippen molar-refractivity contribution in [1.29, 1.82) is 0 Å². The molecule has 0 radical (unpaired) electrons. The van der Waals surface area contributed by atoms with Crippen LogP contribution >= 0.6 is 0 Å². The molecule has 0 aliphatic rings. The summed E-state index contributed by atoms with van der Waals surface area (Å²) >= 11 is 0. The van der Waals surface area contributed by atoms with E-state index >= 15 is 0 Å². The summed E-state index contributed by atoms with van der Waals surface area (Å²) in [5, 5.41) is 13.6. The molecule has 0 bridgehead atoms. The second kappa shape index (κ2) is 10.1. The first-order valence-corrected chi connectivity index (χ1v) is 11.0. The first kappa shape index (κ1) is 23.2. The predicted octanol–water partition coefficient (Wildman–Crippen LogP) is 3.52. The lowest BCUT2D eigenvalue weighted by atomic mass is 10.1. The molecule has 1 atom stereocenters. The molecule has 2 aromatic rings. The van der Waals surface area contributed by atoms with Crippen molar-refractivity contribution in [3.63, 3.8) is 0 Å². The third-order valence-electron chi connectivity index (χ3n) is 4.59. The number of amides is 1. The highest BCUT2D eigenvalue weighted by atomic mass is 32.2. The van der Waals surface area contributed by atoms with Crippen LogP contribution in [0.5, 0.6) is 0 Å². The SMILES string of the molecule is CCN(CC)S(=O)(=O)c1ccc(C(C)NC(=O)/C=C/c2cccc([N+](=O)[O-])c2)cc1. The average molecular weight is 432 g/mol. The fourth-order valence-corrected chi connectivity index (χ4v) is 4.36. The summed E-state index contributed by atoms with van der Waals surface area (Å²) in [5.74, 6) is -0.367. The van der Waals surface area contributed by atoms with E-state index in [4.69, 9.17) is 0 Å². The van der Waals surface area contributed by atoms with Crippen LogP contribution in [-0.4, -0.2) is 36.6 Å². The topological polar surface area (TPSA) is 110 Å². The molecule has 1 N–H and O–H groups in total. The number of benzene rings is 2. The van der Waals surface area contributed by atoms with Gasteiger partial charge in [0, 0.05) is 31.3 Å². The van der Waals surface area contributed by atoms with Gasteiger partial charge < -0.3 is 5.32 Å². The van der Waals surface area contributed by atoms with Gasteiger partial charge in [-0.25, -0.2) is 8.42 Å². The molecule has 0 spiro atoms. The largest absolute Gasteiger partial charge is 0.346 e. The fraction of sp³-hybridized carbons (Fsp3) is 0.286. The van der Waals surface area contributed by atoms with Crippen LogP contribution in [0.3, 0.4) is 0 Å². The first-order chi connectivity index (χ1) is 14.2. The molecule has 0 saturated carbocycles. The van der Waals surface area contributed by atoms with Crippen LogP contribution in [0.1, 0.15) is 37.9 Å². The molecular formula is C21H25N3O5S. The Morgan fingerprint density at radius 2 is 1.80 bits per heavy atom. The Kier molecular flexibility index (Phi) is 7.85. The Labute approximate surface area is 176 Å². The van der Waals surface area contributed by atoms with E-state index in [-0.39, 0.29) is 22.5 Å². The molecule has 0 aromatic heterocycles. The zero-order valence-electron chi connectivity index (χ0n) is 17.1. The third kappa shape index (κ3) is 5.74. The molecule has 0 fully saturated rings. The van der Waals surface area contributed by atoms with E-state index in [0.717, 1.165) is 5.56 Å². The number of hydrogen-bond acceptors (Lipinski definition) is 5. The highest BCUT2D eigenvalue weighted by molar-refractivity contribution is 7.89. The Hall–Kier alpha value is -3.04. The number of non-ortho nitro benzene ring substituents is 1. The van der Waals surface area contributed by atoms with Crippen molar-refractivity contribution in [2.45, 2.75) is 31.7 Å². The second-order valence-electron chi connectivity index (χ2n) is 6.57. The van der Waals surface area contributed by atoms with Gasteiger partial charge in [0.1, 0.15) is 0 Å². The normalized spacial score (nSPS) is 12.8. The number of sulfonamides is 1. The van der Waals surface area contributed by atoms with Crippen LogP contribution in [0.25, 0.3) is 6.08 Å². The van der Waals surface area contributed by atoms with Gasteiger partial charge in [0.15, 0.2) is 0 Å². The summed E-state index contributed by atoms with van der Waals surface area (Å²) in [6.45, 7) is 6.14. The maximum atomic E-state index is 12.5. The zero-order chi connectivity index (χ0) is 22.3. The number of rotatable bonds is 9. The van der Waals surface area contributed by atoms with E-state index in [2.05, 4.69) is 5.32 Å². The van der Waals surface area contributed by atoms with E-state index in [1.54, 1.807) is 45.0 Å². The number of nitro benzene ring substituents is 1. The van der Waals surface area contributed by atoms with Gasteiger partial charge in [0.05, 0.1) is 15.9 Å². The summed E-state index contributed by atoms with van der Waals surface area (Å²) in [7, 11) is -3.53. The molecule has 2 aromatic carbocycles. The molecule has 0 saturated heterocycles. The van der Waals surface area contributed by atoms with Crippen LogP contribution in [0.2, 0.25) is 0 Å². The van der Waals surface area contributed by atoms with Gasteiger partial charge in [0.2, 0.25) is 15.9 Å². The van der Waals surface area contributed by atoms with Gasteiger partial charge >= 0.3 is 0 Å². The van der Waals surface area contributed by atoms with Gasteiger partial charge in [-0.3, -0.25) is 14.9 Å². The lowest BCUT2D eigenvalue weighted by Gasteiger charge is -2.19. The molecular weight excluding hydrogens is 406 g/mol. The van der Waals surface area contributed by atoms with Crippen molar-refractivity contribution in [3.05, 3.63) is 75.8 Å². The summed E-state index contributed by atoms with van der Waals surface area (Å²) in [5.41, 5.74) is 1.24. The number of hydrogen-bond donors (Lipinski definition) is 1. The van der Waals surface area contributed by atoms with E-state index in [9.17, 15) is 23.3 Å². The number of nitrogens with zero attached hydrogens (tertiary/aromatic N) is 2. The maximum absolute atomic E-state index is 12.5. The predicted molar refractivity (Wildman–Crippen MR) is 115 cm³/mol. The summed E-state index contributed by atoms with van der Waals surface area (Å²) < 4.78 is 26.5. The van der Waals surface area contributed by atoms with Crippen LogP contribution in [-0.2, 0) is 14.8 Å². The summed E-state index contributed by atoms with van der Waals surface area (Å²) in [6, 6.07) is 12.0. The lowest BCUT2D eigenvalue weighted by Crippen LogP contribution is -2.30. The zero-order valence-corrected chi connectivity index (χ0v) is 17.9. The Morgan fingerprint density at radius 1 is 1.17 bits per heavy atom. The highest BCUT2D eigenvalue weighted by Crippen LogP contribution is 2.19. The van der Waals surface area contributed by atoms with Crippen LogP contribution in [0.15, 0.2) is 59.5 Å². The summed E-state index contributed by atoms with van der Waals surface area (Å²) in [6.07, 6.45) is 2.80. The van der Waals surface area contributed by atoms with Gasteiger partial charge in [-0.05, 0) is 36.3 Å². The van der Waals surface area contributed by atoms with Crippen molar-refractivity contribution in [3.8, 4) is 0 Å². The molecule has 0 aliphatic heterocycles. The monoisotopic (exact) mass is 431 g/mol. The van der Waals surface area contributed by atoms with E-state index < -0.39 is 14.9 Å². The van der Waals surface area contributed by atoms with Crippen molar-refractivity contribution < 1.29 is 18.1 Å². The Bertz CT molecular complexity index is 1030. The molecule has 8 nitrogen and oxygen atoms in total. The van der Waals surface area contributed by atoms with E-state index in [1.807, 2.05) is 0 Å². The van der Waals surface area contributed by atoms with Crippen molar-refractivity contribution in [2.75, 3.05) is 13.1 Å². The number of carbonyl (C=O) groups excluding carboxylic acids is 1. The Morgan fingerprint density at radius 3 is 2.37 bits per heavy atom. The average Bonchev–Trinajstić information content (AvgIpc) is 2.73. The first-order valence-electron chi connectivity index (χ1n) is 9.52. The molecule has 1 amide bonds. The molecule has 2 rings (SSSR count). The highest BCUT2D eigenvalue weighted by Gasteiger charge is 2.21. The minimum Gasteiger partial charge on any atom is -0.346 e. The van der Waals surface area contributed by atoms with Crippen molar-refractivity contribution in [1.82, 2.24) is 9.62 Å². The summed E-state index contributed by atoms with van der Waals surface area (Å²) in [4.78, 5) is 22.7. The quantitative estimate of drug-likeness (QED) is 0.371. The molecule has 9 heteroatoms. The van der Waals surface area contributed by atoms with Gasteiger partial charge in [0.25, 0.3) is 5.69 Å². The van der Waals surface area contributed by atoms with E-state index in [1.165, 1.54) is 40.7 Å². The minimum atomic E-state index is -3.53. The molecule has 1 unspecified atom stereocenters. The number of nitrogens with one attached hydrogen (secondary N) is 1. The molecule has 30 heavy (non-hydrogen) atoms. The van der Waals surface area contributed by atoms with Gasteiger partial charge in [-0.2, -0.15) is 4.31 Å². The van der Waals surface area contributed by atoms with Gasteiger partial charge in [-0.15, -0.1) is 0 Å².